The highest BCUT2D eigenvalue weighted by atomic mass is 32.2. The summed E-state index contributed by atoms with van der Waals surface area (Å²) in [6.07, 6.45) is 0. The Bertz CT molecular complexity index is 246. The summed E-state index contributed by atoms with van der Waals surface area (Å²) >= 11 is 1.54. The minimum Gasteiger partial charge on any atom is -0.393 e. The Hall–Kier alpha value is -0.510. The Morgan fingerprint density at radius 1 is 1.31 bits per heavy atom. The van der Waals surface area contributed by atoms with Gasteiger partial charge in [0.2, 0.25) is 0 Å². The van der Waals surface area contributed by atoms with Gasteiger partial charge in [0, 0.05) is 10.6 Å². The molecule has 0 fully saturated rings. The van der Waals surface area contributed by atoms with Crippen LogP contribution in [0.15, 0.2) is 35.2 Å². The first kappa shape index (κ1) is 10.6. The Morgan fingerprint density at radius 2 is 1.92 bits per heavy atom. The van der Waals surface area contributed by atoms with Crippen LogP contribution in [0.3, 0.4) is 0 Å². The van der Waals surface area contributed by atoms with E-state index in [2.05, 4.69) is 0 Å². The fourth-order valence-corrected chi connectivity index (χ4v) is 1.72. The highest BCUT2D eigenvalue weighted by Gasteiger charge is 2.18. The van der Waals surface area contributed by atoms with Crippen LogP contribution in [0.5, 0.6) is 0 Å². The molecule has 2 nitrogen and oxygen atoms in total. The topological polar surface area (TPSA) is 40.5 Å². The van der Waals surface area contributed by atoms with Gasteiger partial charge < -0.3 is 10.2 Å². The van der Waals surface area contributed by atoms with Gasteiger partial charge in [-0.15, -0.1) is 11.8 Å². The SMILES string of the molecule is C[C@](O)(CO)CSc1ccccc1. The van der Waals surface area contributed by atoms with E-state index in [-0.39, 0.29) is 6.61 Å². The predicted octanol–water partition coefficient (Wildman–Crippen LogP) is 1.52. The van der Waals surface area contributed by atoms with Crippen LogP contribution in [0, 0.1) is 0 Å². The molecule has 0 bridgehead atoms. The van der Waals surface area contributed by atoms with Crippen molar-refractivity contribution in [2.75, 3.05) is 12.4 Å². The van der Waals surface area contributed by atoms with Crippen molar-refractivity contribution in [3.8, 4) is 0 Å². The van der Waals surface area contributed by atoms with E-state index >= 15 is 0 Å². The molecule has 72 valence electrons. The zero-order chi connectivity index (χ0) is 9.73. The quantitative estimate of drug-likeness (QED) is 0.721. The Balaban J connectivity index is 2.44. The minimum atomic E-state index is -0.986. The second-order valence-corrected chi connectivity index (χ2v) is 4.31. The van der Waals surface area contributed by atoms with E-state index in [9.17, 15) is 5.11 Å². The molecular weight excluding hydrogens is 184 g/mol. The zero-order valence-electron chi connectivity index (χ0n) is 7.60. The lowest BCUT2D eigenvalue weighted by atomic mass is 10.2. The molecule has 0 amide bonds. The number of benzene rings is 1. The van der Waals surface area contributed by atoms with Crippen molar-refractivity contribution < 1.29 is 10.2 Å². The summed E-state index contributed by atoms with van der Waals surface area (Å²) in [5.41, 5.74) is -0.986. The molecule has 0 radical (unpaired) electrons. The molecule has 13 heavy (non-hydrogen) atoms. The van der Waals surface area contributed by atoms with Gasteiger partial charge in [-0.1, -0.05) is 18.2 Å². The molecule has 0 aromatic heterocycles. The average Bonchev–Trinajstić information content (AvgIpc) is 2.17. The summed E-state index contributed by atoms with van der Waals surface area (Å²) in [5, 5.41) is 18.3. The lowest BCUT2D eigenvalue weighted by molar-refractivity contribution is 0.0225. The molecular formula is C10H14O2S. The van der Waals surface area contributed by atoms with E-state index in [1.807, 2.05) is 30.3 Å². The molecule has 1 rings (SSSR count). The minimum absolute atomic E-state index is 0.202. The number of hydrogen-bond donors (Lipinski definition) is 2. The molecule has 0 aliphatic heterocycles. The van der Waals surface area contributed by atoms with Crippen LogP contribution in [0.4, 0.5) is 0 Å². The second-order valence-electron chi connectivity index (χ2n) is 3.26. The first-order valence-electron chi connectivity index (χ1n) is 4.15. The summed E-state index contributed by atoms with van der Waals surface area (Å²) < 4.78 is 0. The zero-order valence-corrected chi connectivity index (χ0v) is 8.42. The second kappa shape index (κ2) is 4.65. The van der Waals surface area contributed by atoms with Crippen LogP contribution in [-0.4, -0.2) is 28.2 Å². The standard InChI is InChI=1S/C10H14O2S/c1-10(12,7-11)8-13-9-5-3-2-4-6-9/h2-6,11-12H,7-8H2,1H3/t10-/m0/s1. The lowest BCUT2D eigenvalue weighted by Crippen LogP contribution is -2.31. The van der Waals surface area contributed by atoms with Crippen molar-refractivity contribution in [2.24, 2.45) is 0 Å². The molecule has 0 saturated heterocycles. The smallest absolute Gasteiger partial charge is 0.0942 e. The Labute approximate surface area is 82.6 Å². The molecule has 1 aromatic rings. The highest BCUT2D eigenvalue weighted by molar-refractivity contribution is 7.99. The number of hydrogen-bond acceptors (Lipinski definition) is 3. The fraction of sp³-hybridized carbons (Fsp3) is 0.400. The van der Waals surface area contributed by atoms with Gasteiger partial charge in [0.15, 0.2) is 0 Å². The van der Waals surface area contributed by atoms with Crippen molar-refractivity contribution in [3.05, 3.63) is 30.3 Å². The summed E-state index contributed by atoms with van der Waals surface area (Å²) in [5.74, 6) is 0.507. The molecule has 0 aliphatic carbocycles. The summed E-state index contributed by atoms with van der Waals surface area (Å²) in [7, 11) is 0. The largest absolute Gasteiger partial charge is 0.393 e. The fourth-order valence-electron chi connectivity index (χ4n) is 0.801. The van der Waals surface area contributed by atoms with Crippen LogP contribution < -0.4 is 0 Å². The van der Waals surface area contributed by atoms with E-state index in [4.69, 9.17) is 5.11 Å². The monoisotopic (exact) mass is 198 g/mol. The molecule has 0 spiro atoms. The van der Waals surface area contributed by atoms with Gasteiger partial charge in [0.25, 0.3) is 0 Å². The maximum atomic E-state index is 9.51. The number of aliphatic hydroxyl groups is 2. The van der Waals surface area contributed by atoms with Gasteiger partial charge in [-0.25, -0.2) is 0 Å². The van der Waals surface area contributed by atoms with Crippen LogP contribution in [-0.2, 0) is 0 Å². The van der Waals surface area contributed by atoms with Crippen molar-refractivity contribution in [1.82, 2.24) is 0 Å². The van der Waals surface area contributed by atoms with Crippen molar-refractivity contribution in [3.63, 3.8) is 0 Å². The number of aliphatic hydroxyl groups excluding tert-OH is 1. The Kier molecular flexibility index (Phi) is 3.78. The molecule has 0 saturated carbocycles. The lowest BCUT2D eigenvalue weighted by Gasteiger charge is -2.19. The maximum absolute atomic E-state index is 9.51. The van der Waals surface area contributed by atoms with Crippen molar-refractivity contribution in [1.29, 1.82) is 0 Å². The van der Waals surface area contributed by atoms with E-state index in [0.29, 0.717) is 5.75 Å². The third kappa shape index (κ3) is 3.81. The molecule has 0 heterocycles. The van der Waals surface area contributed by atoms with Gasteiger partial charge >= 0.3 is 0 Å². The molecule has 1 aromatic carbocycles. The summed E-state index contributed by atoms with van der Waals surface area (Å²) in [6, 6.07) is 9.83. The van der Waals surface area contributed by atoms with Crippen LogP contribution in [0.1, 0.15) is 6.92 Å². The van der Waals surface area contributed by atoms with Gasteiger partial charge in [-0.3, -0.25) is 0 Å². The molecule has 2 N–H and O–H groups in total. The first-order chi connectivity index (χ1) is 6.14. The molecule has 0 aliphatic rings. The van der Waals surface area contributed by atoms with Crippen LogP contribution in [0.2, 0.25) is 0 Å². The van der Waals surface area contributed by atoms with Gasteiger partial charge in [0.1, 0.15) is 0 Å². The average molecular weight is 198 g/mol. The normalized spacial score (nSPS) is 15.3. The molecule has 1 atom stereocenters. The predicted molar refractivity (Wildman–Crippen MR) is 54.9 cm³/mol. The Morgan fingerprint density at radius 3 is 2.46 bits per heavy atom. The van der Waals surface area contributed by atoms with Crippen LogP contribution >= 0.6 is 11.8 Å². The first-order valence-corrected chi connectivity index (χ1v) is 5.14. The van der Waals surface area contributed by atoms with Gasteiger partial charge in [0.05, 0.1) is 12.2 Å². The third-order valence-corrected chi connectivity index (χ3v) is 3.01. The van der Waals surface area contributed by atoms with Gasteiger partial charge in [-0.05, 0) is 19.1 Å². The van der Waals surface area contributed by atoms with Crippen LogP contribution in [0.25, 0.3) is 0 Å². The van der Waals surface area contributed by atoms with E-state index in [1.54, 1.807) is 18.7 Å². The molecule has 3 heteroatoms. The van der Waals surface area contributed by atoms with E-state index in [0.717, 1.165) is 4.90 Å². The molecule has 0 unspecified atom stereocenters. The number of rotatable bonds is 4. The highest BCUT2D eigenvalue weighted by Crippen LogP contribution is 2.21. The van der Waals surface area contributed by atoms with Crippen molar-refractivity contribution in [2.45, 2.75) is 17.4 Å². The summed E-state index contributed by atoms with van der Waals surface area (Å²) in [4.78, 5) is 1.11. The summed E-state index contributed by atoms with van der Waals surface area (Å²) in [6.45, 7) is 1.43. The third-order valence-electron chi connectivity index (χ3n) is 1.63. The van der Waals surface area contributed by atoms with Gasteiger partial charge in [-0.2, -0.15) is 0 Å². The van der Waals surface area contributed by atoms with Crippen molar-refractivity contribution >= 4 is 11.8 Å². The van der Waals surface area contributed by atoms with E-state index < -0.39 is 5.60 Å². The van der Waals surface area contributed by atoms with E-state index in [1.165, 1.54) is 0 Å². The number of thioether (sulfide) groups is 1. The maximum Gasteiger partial charge on any atom is 0.0942 e.